The summed E-state index contributed by atoms with van der Waals surface area (Å²) in [5, 5.41) is 6.16. The maximum atomic E-state index is 13.4. The molecule has 0 aromatic heterocycles. The normalized spacial score (nSPS) is 11.2. The van der Waals surface area contributed by atoms with Crippen molar-refractivity contribution in [3.8, 4) is 0 Å². The van der Waals surface area contributed by atoms with E-state index in [1.165, 1.54) is 50.7 Å². The molecule has 6 heteroatoms. The lowest BCUT2D eigenvalue weighted by molar-refractivity contribution is -0.122. The van der Waals surface area contributed by atoms with E-state index in [0.717, 1.165) is 24.2 Å². The van der Waals surface area contributed by atoms with Crippen molar-refractivity contribution in [2.24, 2.45) is 0 Å². The Balaban J connectivity index is 1.89. The van der Waals surface area contributed by atoms with Gasteiger partial charge in [0.2, 0.25) is 5.91 Å². The predicted molar refractivity (Wildman–Crippen MR) is 143 cm³/mol. The van der Waals surface area contributed by atoms with E-state index < -0.39 is 5.54 Å². The molecule has 35 heavy (non-hydrogen) atoms. The summed E-state index contributed by atoms with van der Waals surface area (Å²) in [4.78, 5) is 27.6. The minimum absolute atomic E-state index is 0.00890. The van der Waals surface area contributed by atoms with Gasteiger partial charge in [-0.15, -0.1) is 0 Å². The van der Waals surface area contributed by atoms with E-state index in [2.05, 4.69) is 17.6 Å². The van der Waals surface area contributed by atoms with Crippen LogP contribution in [0.25, 0.3) is 0 Å². The number of rotatable bonds is 14. The van der Waals surface area contributed by atoms with Gasteiger partial charge in [-0.05, 0) is 69.7 Å². The van der Waals surface area contributed by atoms with E-state index in [9.17, 15) is 14.0 Å². The monoisotopic (exact) mass is 483 g/mol. The van der Waals surface area contributed by atoms with E-state index in [4.69, 9.17) is 0 Å². The van der Waals surface area contributed by atoms with E-state index in [1.807, 2.05) is 26.8 Å². The summed E-state index contributed by atoms with van der Waals surface area (Å²) in [6, 6.07) is 13.2. The Labute approximate surface area is 210 Å². The van der Waals surface area contributed by atoms with Gasteiger partial charge in [0.25, 0.3) is 5.91 Å². The number of carbonyl (C=O) groups is 2. The van der Waals surface area contributed by atoms with Crippen molar-refractivity contribution < 1.29 is 14.0 Å². The van der Waals surface area contributed by atoms with Gasteiger partial charge in [-0.1, -0.05) is 57.9 Å². The summed E-state index contributed by atoms with van der Waals surface area (Å²) >= 11 is 0. The Hall–Kier alpha value is -2.89. The molecular weight excluding hydrogens is 441 g/mol. The number of anilines is 2. The van der Waals surface area contributed by atoms with Crippen molar-refractivity contribution in [3.63, 3.8) is 0 Å². The van der Waals surface area contributed by atoms with Crippen LogP contribution in [0.3, 0.4) is 0 Å². The van der Waals surface area contributed by atoms with Crippen molar-refractivity contribution >= 4 is 23.2 Å². The van der Waals surface area contributed by atoms with Gasteiger partial charge in [0.15, 0.2) is 0 Å². The summed E-state index contributed by atoms with van der Waals surface area (Å²) in [6.07, 6.45) is 9.72. The van der Waals surface area contributed by atoms with E-state index in [-0.39, 0.29) is 24.2 Å². The Morgan fingerprint density at radius 1 is 0.857 bits per heavy atom. The molecule has 2 aromatic rings. The van der Waals surface area contributed by atoms with Crippen molar-refractivity contribution in [1.29, 1.82) is 0 Å². The number of amides is 2. The lowest BCUT2D eigenvalue weighted by Gasteiger charge is -2.35. The first kappa shape index (κ1) is 28.3. The number of halogens is 1. The van der Waals surface area contributed by atoms with Crippen LogP contribution in [0.5, 0.6) is 0 Å². The minimum Gasteiger partial charge on any atom is -0.356 e. The van der Waals surface area contributed by atoms with Crippen LogP contribution in [0.4, 0.5) is 15.8 Å². The molecule has 0 aliphatic heterocycles. The van der Waals surface area contributed by atoms with Crippen LogP contribution in [-0.4, -0.2) is 35.3 Å². The first-order chi connectivity index (χ1) is 16.7. The molecule has 0 atom stereocenters. The van der Waals surface area contributed by atoms with Crippen LogP contribution in [0.1, 0.15) is 89.4 Å². The van der Waals surface area contributed by atoms with Crippen molar-refractivity contribution in [3.05, 3.63) is 59.9 Å². The standard InChI is InChI=1S/C29H42FN3O2/c1-5-6-7-8-9-10-11-12-20-31-27(34)22-33(29(2,3)4)28(35)23-14-13-15-26(21-23)32-25-18-16-24(30)17-19-25/h13-19,21,32H,5-12,20,22H2,1-4H3,(H,31,34). The second-order valence-electron chi connectivity index (χ2n) is 10.1. The summed E-state index contributed by atoms with van der Waals surface area (Å²) in [5.41, 5.74) is 1.41. The van der Waals surface area contributed by atoms with Gasteiger partial charge in [0, 0.05) is 29.0 Å². The molecule has 0 radical (unpaired) electrons. The quantitative estimate of drug-likeness (QED) is 0.283. The van der Waals surface area contributed by atoms with Gasteiger partial charge in [0.05, 0.1) is 0 Å². The van der Waals surface area contributed by atoms with Gasteiger partial charge in [0.1, 0.15) is 12.4 Å². The van der Waals surface area contributed by atoms with Gasteiger partial charge in [-0.3, -0.25) is 9.59 Å². The maximum Gasteiger partial charge on any atom is 0.254 e. The fourth-order valence-electron chi connectivity index (χ4n) is 3.89. The summed E-state index contributed by atoms with van der Waals surface area (Å²) in [6.45, 7) is 8.65. The molecule has 0 saturated heterocycles. The fourth-order valence-corrected chi connectivity index (χ4v) is 3.89. The minimum atomic E-state index is -0.521. The van der Waals surface area contributed by atoms with Crippen LogP contribution >= 0.6 is 0 Å². The van der Waals surface area contributed by atoms with Crippen molar-refractivity contribution in [2.75, 3.05) is 18.4 Å². The molecule has 2 N–H and O–H groups in total. The molecule has 5 nitrogen and oxygen atoms in total. The Morgan fingerprint density at radius 3 is 2.11 bits per heavy atom. The molecule has 0 aliphatic carbocycles. The van der Waals surface area contributed by atoms with E-state index in [0.29, 0.717) is 12.1 Å². The summed E-state index contributed by atoms with van der Waals surface area (Å²) in [5.74, 6) is -0.653. The largest absolute Gasteiger partial charge is 0.356 e. The zero-order valence-corrected chi connectivity index (χ0v) is 21.8. The third kappa shape index (κ3) is 10.5. The number of benzene rings is 2. The number of hydrogen-bond acceptors (Lipinski definition) is 3. The number of hydrogen-bond donors (Lipinski definition) is 2. The fraction of sp³-hybridized carbons (Fsp3) is 0.517. The first-order valence-electron chi connectivity index (χ1n) is 12.9. The maximum absolute atomic E-state index is 13.4. The predicted octanol–water partition coefficient (Wildman–Crippen LogP) is 7.07. The average Bonchev–Trinajstić information content (AvgIpc) is 2.82. The zero-order chi connectivity index (χ0) is 25.7. The summed E-state index contributed by atoms with van der Waals surface area (Å²) in [7, 11) is 0. The van der Waals surface area contributed by atoms with Crippen LogP contribution in [0.15, 0.2) is 48.5 Å². The van der Waals surface area contributed by atoms with Crippen LogP contribution in [-0.2, 0) is 4.79 Å². The second-order valence-corrected chi connectivity index (χ2v) is 10.1. The highest BCUT2D eigenvalue weighted by Crippen LogP contribution is 2.22. The molecule has 2 amide bonds. The molecule has 0 spiro atoms. The van der Waals surface area contributed by atoms with Gasteiger partial charge in [-0.2, -0.15) is 0 Å². The smallest absolute Gasteiger partial charge is 0.254 e. The molecule has 0 fully saturated rings. The van der Waals surface area contributed by atoms with Crippen LogP contribution < -0.4 is 10.6 Å². The molecule has 2 rings (SSSR count). The van der Waals surface area contributed by atoms with E-state index in [1.54, 1.807) is 35.2 Å². The van der Waals surface area contributed by atoms with Crippen LogP contribution in [0, 0.1) is 5.82 Å². The Morgan fingerprint density at radius 2 is 1.49 bits per heavy atom. The highest BCUT2D eigenvalue weighted by Gasteiger charge is 2.29. The number of nitrogens with zero attached hydrogens (tertiary/aromatic N) is 1. The molecule has 0 aliphatic rings. The highest BCUT2D eigenvalue weighted by atomic mass is 19.1. The molecule has 2 aromatic carbocycles. The van der Waals surface area contributed by atoms with Gasteiger partial charge < -0.3 is 15.5 Å². The first-order valence-corrected chi connectivity index (χ1v) is 12.9. The number of unbranched alkanes of at least 4 members (excludes halogenated alkanes) is 7. The SMILES string of the molecule is CCCCCCCCCCNC(=O)CN(C(=O)c1cccc(Nc2ccc(F)cc2)c1)C(C)(C)C. The molecule has 0 saturated carbocycles. The Bertz CT molecular complexity index is 922. The van der Waals surface area contributed by atoms with E-state index >= 15 is 0 Å². The molecule has 0 unspecified atom stereocenters. The third-order valence-electron chi connectivity index (χ3n) is 5.95. The third-order valence-corrected chi connectivity index (χ3v) is 5.95. The zero-order valence-electron chi connectivity index (χ0n) is 21.8. The lowest BCUT2D eigenvalue weighted by atomic mass is 10.0. The summed E-state index contributed by atoms with van der Waals surface area (Å²) < 4.78 is 13.2. The topological polar surface area (TPSA) is 61.4 Å². The van der Waals surface area contributed by atoms with Gasteiger partial charge in [-0.25, -0.2) is 4.39 Å². The number of nitrogens with one attached hydrogen (secondary N) is 2. The molecule has 192 valence electrons. The van der Waals surface area contributed by atoms with Gasteiger partial charge >= 0.3 is 0 Å². The Kier molecular flexibility index (Phi) is 11.7. The number of carbonyl (C=O) groups excluding carboxylic acids is 2. The lowest BCUT2D eigenvalue weighted by Crippen LogP contribution is -2.50. The van der Waals surface area contributed by atoms with Crippen molar-refractivity contribution in [1.82, 2.24) is 10.2 Å². The molecule has 0 bridgehead atoms. The average molecular weight is 484 g/mol. The van der Waals surface area contributed by atoms with Crippen molar-refractivity contribution in [2.45, 2.75) is 84.6 Å². The molecule has 0 heterocycles. The second kappa shape index (κ2) is 14.5. The highest BCUT2D eigenvalue weighted by molar-refractivity contribution is 5.97. The molecular formula is C29H42FN3O2. The van der Waals surface area contributed by atoms with Crippen LogP contribution in [0.2, 0.25) is 0 Å².